The number of nitrogen functional groups attached to an aromatic ring is 1. The van der Waals surface area contributed by atoms with Gasteiger partial charge in [-0.05, 0) is 18.9 Å². The van der Waals surface area contributed by atoms with Gasteiger partial charge >= 0.3 is 0 Å². The molecular weight excluding hydrogens is 206 g/mol. The number of anilines is 1. The molecule has 0 spiro atoms. The number of aromatic nitrogens is 1. The molecule has 5 nitrogen and oxygen atoms in total. The molecule has 1 aromatic heterocycles. The first-order chi connectivity index (χ1) is 7.65. The third kappa shape index (κ3) is 2.85. The van der Waals surface area contributed by atoms with Gasteiger partial charge in [-0.2, -0.15) is 0 Å². The second kappa shape index (κ2) is 4.38. The van der Waals surface area contributed by atoms with Crippen molar-refractivity contribution >= 4 is 11.6 Å². The Morgan fingerprint density at radius 2 is 2.25 bits per heavy atom. The Bertz CT molecular complexity index is 449. The molecule has 1 heterocycles. The number of carbonyl (C=O) groups excluding carboxylic acids is 1. The van der Waals surface area contributed by atoms with Crippen LogP contribution in [0.25, 0.3) is 0 Å². The summed E-state index contributed by atoms with van der Waals surface area (Å²) in [4.78, 5) is 22.8. The van der Waals surface area contributed by atoms with Crippen LogP contribution in [-0.2, 0) is 11.3 Å². The summed E-state index contributed by atoms with van der Waals surface area (Å²) >= 11 is 0. The number of hydrogen-bond donors (Lipinski definition) is 2. The lowest BCUT2D eigenvalue weighted by Gasteiger charge is -2.06. The van der Waals surface area contributed by atoms with E-state index in [0.29, 0.717) is 24.7 Å². The van der Waals surface area contributed by atoms with Crippen molar-refractivity contribution < 1.29 is 4.79 Å². The smallest absolute Gasteiger partial charge is 0.250 e. The first-order valence-corrected chi connectivity index (χ1v) is 5.40. The zero-order valence-corrected chi connectivity index (χ0v) is 8.98. The van der Waals surface area contributed by atoms with E-state index in [9.17, 15) is 9.59 Å². The Morgan fingerprint density at radius 3 is 2.94 bits per heavy atom. The third-order valence-electron chi connectivity index (χ3n) is 2.53. The molecule has 0 saturated heterocycles. The lowest BCUT2D eigenvalue weighted by atomic mass is 10.3. The van der Waals surface area contributed by atoms with Crippen LogP contribution in [-0.4, -0.2) is 16.5 Å². The van der Waals surface area contributed by atoms with Crippen molar-refractivity contribution in [3.63, 3.8) is 0 Å². The molecule has 5 heteroatoms. The van der Waals surface area contributed by atoms with Crippen LogP contribution >= 0.6 is 0 Å². The molecule has 1 aliphatic rings. The lowest BCUT2D eigenvalue weighted by Crippen LogP contribution is -2.28. The van der Waals surface area contributed by atoms with Gasteiger partial charge in [0, 0.05) is 37.0 Å². The van der Waals surface area contributed by atoms with Gasteiger partial charge in [-0.25, -0.2) is 0 Å². The van der Waals surface area contributed by atoms with Crippen molar-refractivity contribution in [2.75, 3.05) is 5.73 Å². The Morgan fingerprint density at radius 1 is 1.50 bits per heavy atom. The molecule has 1 saturated carbocycles. The Balaban J connectivity index is 1.90. The second-order valence-corrected chi connectivity index (χ2v) is 4.09. The lowest BCUT2D eigenvalue weighted by molar-refractivity contribution is -0.121. The van der Waals surface area contributed by atoms with E-state index in [-0.39, 0.29) is 11.5 Å². The average Bonchev–Trinajstić information content (AvgIpc) is 3.03. The van der Waals surface area contributed by atoms with E-state index in [4.69, 9.17) is 5.73 Å². The molecule has 1 fully saturated rings. The number of hydrogen-bond acceptors (Lipinski definition) is 3. The predicted octanol–water partition coefficient (Wildman–Crippen LogP) is 0.0992. The van der Waals surface area contributed by atoms with Gasteiger partial charge in [0.15, 0.2) is 0 Å². The Kier molecular flexibility index (Phi) is 2.94. The van der Waals surface area contributed by atoms with Gasteiger partial charge in [0.25, 0.3) is 5.56 Å². The van der Waals surface area contributed by atoms with E-state index >= 15 is 0 Å². The second-order valence-electron chi connectivity index (χ2n) is 4.09. The van der Waals surface area contributed by atoms with E-state index in [1.54, 1.807) is 12.3 Å². The molecule has 1 aliphatic carbocycles. The van der Waals surface area contributed by atoms with Crippen molar-refractivity contribution in [2.45, 2.75) is 31.8 Å². The van der Waals surface area contributed by atoms with Crippen molar-refractivity contribution in [2.24, 2.45) is 0 Å². The van der Waals surface area contributed by atoms with Gasteiger partial charge in [-0.3, -0.25) is 9.59 Å². The van der Waals surface area contributed by atoms with Crippen molar-refractivity contribution in [1.82, 2.24) is 9.88 Å². The van der Waals surface area contributed by atoms with Crippen LogP contribution in [0.4, 0.5) is 5.69 Å². The minimum atomic E-state index is -0.131. The minimum Gasteiger partial charge on any atom is -0.398 e. The van der Waals surface area contributed by atoms with Gasteiger partial charge in [0.1, 0.15) is 0 Å². The number of nitrogens with zero attached hydrogens (tertiary/aromatic N) is 1. The number of carbonyl (C=O) groups is 1. The Labute approximate surface area is 93.3 Å². The van der Waals surface area contributed by atoms with Crippen LogP contribution < -0.4 is 16.6 Å². The highest BCUT2D eigenvalue weighted by molar-refractivity contribution is 5.76. The number of pyridine rings is 1. The summed E-state index contributed by atoms with van der Waals surface area (Å²) in [6.07, 6.45) is 4.03. The molecule has 86 valence electrons. The van der Waals surface area contributed by atoms with Gasteiger partial charge in [0.05, 0.1) is 0 Å². The van der Waals surface area contributed by atoms with E-state index in [1.807, 2.05) is 0 Å². The summed E-state index contributed by atoms with van der Waals surface area (Å²) in [5, 5.41) is 2.87. The summed E-state index contributed by atoms with van der Waals surface area (Å²) in [7, 11) is 0. The Hall–Kier alpha value is -1.78. The van der Waals surface area contributed by atoms with Crippen LogP contribution in [0.5, 0.6) is 0 Å². The highest BCUT2D eigenvalue weighted by Crippen LogP contribution is 2.18. The summed E-state index contributed by atoms with van der Waals surface area (Å²) < 4.78 is 1.46. The first kappa shape index (κ1) is 10.7. The summed E-state index contributed by atoms with van der Waals surface area (Å²) in [5.74, 6) is -0.00294. The molecule has 0 unspecified atom stereocenters. The minimum absolute atomic E-state index is 0.00294. The van der Waals surface area contributed by atoms with E-state index in [1.165, 1.54) is 10.6 Å². The molecule has 2 rings (SSSR count). The molecule has 1 amide bonds. The van der Waals surface area contributed by atoms with E-state index < -0.39 is 0 Å². The zero-order chi connectivity index (χ0) is 11.5. The van der Waals surface area contributed by atoms with Crippen molar-refractivity contribution in [3.05, 3.63) is 28.7 Å². The van der Waals surface area contributed by atoms with Crippen molar-refractivity contribution in [1.29, 1.82) is 0 Å². The zero-order valence-electron chi connectivity index (χ0n) is 8.98. The van der Waals surface area contributed by atoms with Crippen LogP contribution in [0.15, 0.2) is 23.1 Å². The maximum Gasteiger partial charge on any atom is 0.250 e. The van der Waals surface area contributed by atoms with E-state index in [2.05, 4.69) is 5.32 Å². The van der Waals surface area contributed by atoms with E-state index in [0.717, 1.165) is 12.8 Å². The van der Waals surface area contributed by atoms with Gasteiger partial charge < -0.3 is 15.6 Å². The van der Waals surface area contributed by atoms with Gasteiger partial charge in [-0.15, -0.1) is 0 Å². The normalized spacial score (nSPS) is 14.8. The molecule has 3 N–H and O–H groups in total. The fourth-order valence-electron chi connectivity index (χ4n) is 1.47. The SMILES string of the molecule is Nc1ccc(=O)n(CCC(=O)NC2CC2)c1. The van der Waals surface area contributed by atoms with Crippen LogP contribution in [0.3, 0.4) is 0 Å². The molecule has 0 aromatic carbocycles. The van der Waals surface area contributed by atoms with Crippen molar-refractivity contribution in [3.8, 4) is 0 Å². The average molecular weight is 221 g/mol. The molecule has 1 aromatic rings. The van der Waals surface area contributed by atoms with Gasteiger partial charge in [-0.1, -0.05) is 0 Å². The highest BCUT2D eigenvalue weighted by atomic mass is 16.2. The number of nitrogens with one attached hydrogen (secondary N) is 1. The third-order valence-corrected chi connectivity index (χ3v) is 2.53. The largest absolute Gasteiger partial charge is 0.398 e. The molecule has 0 aliphatic heterocycles. The molecule has 0 radical (unpaired) electrons. The predicted molar refractivity (Wildman–Crippen MR) is 60.9 cm³/mol. The first-order valence-electron chi connectivity index (χ1n) is 5.40. The number of aryl methyl sites for hydroxylation is 1. The molecule has 0 bridgehead atoms. The summed E-state index contributed by atoms with van der Waals surface area (Å²) in [6.45, 7) is 0.377. The number of nitrogens with two attached hydrogens (primary N) is 1. The fourth-order valence-corrected chi connectivity index (χ4v) is 1.47. The quantitative estimate of drug-likeness (QED) is 0.757. The number of rotatable bonds is 4. The molecule has 16 heavy (non-hydrogen) atoms. The van der Waals surface area contributed by atoms with Crippen LogP contribution in [0, 0.1) is 0 Å². The fraction of sp³-hybridized carbons (Fsp3) is 0.455. The molecule has 0 atom stereocenters. The summed E-state index contributed by atoms with van der Waals surface area (Å²) in [6, 6.07) is 3.34. The standard InChI is InChI=1S/C11H15N3O2/c12-8-1-4-11(16)14(7-8)6-5-10(15)13-9-2-3-9/h1,4,7,9H,2-3,5-6,12H2,(H,13,15). The van der Waals surface area contributed by atoms with Gasteiger partial charge in [0.2, 0.25) is 5.91 Å². The van der Waals surface area contributed by atoms with Crippen LogP contribution in [0.1, 0.15) is 19.3 Å². The molecular formula is C11H15N3O2. The van der Waals surface area contributed by atoms with Crippen LogP contribution in [0.2, 0.25) is 0 Å². The highest BCUT2D eigenvalue weighted by Gasteiger charge is 2.22. The number of amides is 1. The maximum absolute atomic E-state index is 11.4. The maximum atomic E-state index is 11.4. The topological polar surface area (TPSA) is 77.1 Å². The summed E-state index contributed by atoms with van der Waals surface area (Å²) in [5.41, 5.74) is 5.96. The monoisotopic (exact) mass is 221 g/mol.